The topological polar surface area (TPSA) is 37.4 Å². The van der Waals surface area contributed by atoms with Crippen molar-refractivity contribution in [1.82, 2.24) is 10.3 Å². The number of rotatable bonds is 6. The predicted molar refractivity (Wildman–Crippen MR) is 111 cm³/mol. The molecule has 0 unspecified atom stereocenters. The Morgan fingerprint density at radius 1 is 0.963 bits per heavy atom. The van der Waals surface area contributed by atoms with Crippen LogP contribution in [-0.2, 0) is 13.1 Å². The van der Waals surface area contributed by atoms with Gasteiger partial charge < -0.3 is 15.0 Å². The van der Waals surface area contributed by atoms with E-state index in [9.17, 15) is 0 Å². The largest absolute Gasteiger partial charge is 0.497 e. The average Bonchev–Trinajstić information content (AvgIpc) is 2.74. The van der Waals surface area contributed by atoms with Gasteiger partial charge >= 0.3 is 0 Å². The van der Waals surface area contributed by atoms with E-state index in [2.05, 4.69) is 52.7 Å². The number of ether oxygens (including phenoxy) is 1. The molecule has 3 aromatic rings. The summed E-state index contributed by atoms with van der Waals surface area (Å²) >= 11 is 0. The third kappa shape index (κ3) is 4.22. The SMILES string of the molecule is COc1cccc(CNCc2cc3ccccc3nc2N2CCCCC2)c1. The molecule has 140 valence electrons. The minimum Gasteiger partial charge on any atom is -0.497 e. The highest BCUT2D eigenvalue weighted by Crippen LogP contribution is 2.26. The van der Waals surface area contributed by atoms with Crippen molar-refractivity contribution < 1.29 is 4.74 Å². The fourth-order valence-corrected chi connectivity index (χ4v) is 3.78. The summed E-state index contributed by atoms with van der Waals surface area (Å²) in [5, 5.41) is 4.80. The summed E-state index contributed by atoms with van der Waals surface area (Å²) < 4.78 is 5.32. The number of fused-ring (bicyclic) bond motifs is 1. The molecule has 2 aromatic carbocycles. The number of methoxy groups -OCH3 is 1. The summed E-state index contributed by atoms with van der Waals surface area (Å²) in [5.74, 6) is 2.04. The molecule has 0 aliphatic carbocycles. The number of hydrogen-bond acceptors (Lipinski definition) is 4. The first kappa shape index (κ1) is 17.8. The van der Waals surface area contributed by atoms with Gasteiger partial charge in [-0.2, -0.15) is 0 Å². The number of nitrogens with one attached hydrogen (secondary N) is 1. The molecular weight excluding hydrogens is 334 g/mol. The van der Waals surface area contributed by atoms with Gasteiger partial charge in [0, 0.05) is 37.1 Å². The third-order valence-electron chi connectivity index (χ3n) is 5.21. The summed E-state index contributed by atoms with van der Waals surface area (Å²) in [6, 6.07) is 18.9. The smallest absolute Gasteiger partial charge is 0.133 e. The maximum atomic E-state index is 5.32. The van der Waals surface area contributed by atoms with E-state index >= 15 is 0 Å². The summed E-state index contributed by atoms with van der Waals surface area (Å²) in [5.41, 5.74) is 3.58. The maximum absolute atomic E-state index is 5.32. The first-order valence-corrected chi connectivity index (χ1v) is 9.81. The van der Waals surface area contributed by atoms with Crippen LogP contribution in [0.1, 0.15) is 30.4 Å². The molecular formula is C23H27N3O. The summed E-state index contributed by atoms with van der Waals surface area (Å²) in [6.07, 6.45) is 3.84. The molecule has 4 heteroatoms. The van der Waals surface area contributed by atoms with Crippen molar-refractivity contribution in [2.45, 2.75) is 32.4 Å². The highest BCUT2D eigenvalue weighted by molar-refractivity contribution is 5.81. The lowest BCUT2D eigenvalue weighted by Gasteiger charge is -2.30. The van der Waals surface area contributed by atoms with E-state index in [4.69, 9.17) is 9.72 Å². The molecule has 4 nitrogen and oxygen atoms in total. The summed E-state index contributed by atoms with van der Waals surface area (Å²) in [7, 11) is 1.71. The number of nitrogens with zero attached hydrogens (tertiary/aromatic N) is 2. The Bertz CT molecular complexity index is 903. The lowest BCUT2D eigenvalue weighted by Crippen LogP contribution is -2.31. The normalized spacial score (nSPS) is 14.5. The van der Waals surface area contributed by atoms with Gasteiger partial charge in [0.05, 0.1) is 12.6 Å². The van der Waals surface area contributed by atoms with Crippen LogP contribution in [0.4, 0.5) is 5.82 Å². The van der Waals surface area contributed by atoms with E-state index in [-0.39, 0.29) is 0 Å². The molecule has 1 aliphatic rings. The first-order chi connectivity index (χ1) is 13.3. The second-order valence-electron chi connectivity index (χ2n) is 7.17. The van der Waals surface area contributed by atoms with E-state index in [1.807, 2.05) is 12.1 Å². The zero-order valence-electron chi connectivity index (χ0n) is 15.9. The lowest BCUT2D eigenvalue weighted by atomic mass is 10.1. The van der Waals surface area contributed by atoms with E-state index < -0.39 is 0 Å². The van der Waals surface area contributed by atoms with Gasteiger partial charge in [-0.15, -0.1) is 0 Å². The molecule has 27 heavy (non-hydrogen) atoms. The van der Waals surface area contributed by atoms with E-state index in [0.717, 1.165) is 43.3 Å². The molecule has 0 saturated carbocycles. The second kappa shape index (κ2) is 8.40. The van der Waals surface area contributed by atoms with Crippen LogP contribution in [0.2, 0.25) is 0 Å². The number of anilines is 1. The van der Waals surface area contributed by atoms with Gasteiger partial charge in [-0.3, -0.25) is 0 Å². The zero-order chi connectivity index (χ0) is 18.5. The van der Waals surface area contributed by atoms with Crippen LogP contribution in [0.15, 0.2) is 54.6 Å². The van der Waals surface area contributed by atoms with Crippen LogP contribution in [0.25, 0.3) is 10.9 Å². The van der Waals surface area contributed by atoms with Crippen molar-refractivity contribution in [3.63, 3.8) is 0 Å². The molecule has 1 aliphatic heterocycles. The van der Waals surface area contributed by atoms with Gasteiger partial charge in [0.25, 0.3) is 0 Å². The molecule has 1 saturated heterocycles. The Balaban J connectivity index is 1.55. The van der Waals surface area contributed by atoms with Crippen LogP contribution in [0, 0.1) is 0 Å². The fraction of sp³-hybridized carbons (Fsp3) is 0.348. The Kier molecular flexibility index (Phi) is 5.54. The highest BCUT2D eigenvalue weighted by Gasteiger charge is 2.16. The second-order valence-corrected chi connectivity index (χ2v) is 7.17. The molecule has 0 atom stereocenters. The zero-order valence-corrected chi connectivity index (χ0v) is 15.9. The minimum absolute atomic E-state index is 0.806. The van der Waals surface area contributed by atoms with E-state index in [1.165, 1.54) is 35.8 Å². The Morgan fingerprint density at radius 2 is 1.81 bits per heavy atom. The molecule has 0 bridgehead atoms. The van der Waals surface area contributed by atoms with Crippen LogP contribution in [0.3, 0.4) is 0 Å². The molecule has 1 N–H and O–H groups in total. The number of para-hydroxylation sites is 1. The van der Waals surface area contributed by atoms with Gasteiger partial charge in [-0.05, 0) is 49.1 Å². The molecule has 0 spiro atoms. The fourth-order valence-electron chi connectivity index (χ4n) is 3.78. The van der Waals surface area contributed by atoms with Gasteiger partial charge in [-0.25, -0.2) is 4.98 Å². The quantitative estimate of drug-likeness (QED) is 0.700. The van der Waals surface area contributed by atoms with Crippen LogP contribution >= 0.6 is 0 Å². The van der Waals surface area contributed by atoms with Crippen molar-refractivity contribution in [3.8, 4) is 5.75 Å². The molecule has 1 fully saturated rings. The molecule has 0 amide bonds. The number of benzene rings is 2. The number of piperidine rings is 1. The number of hydrogen-bond donors (Lipinski definition) is 1. The lowest BCUT2D eigenvalue weighted by molar-refractivity contribution is 0.414. The van der Waals surface area contributed by atoms with Crippen molar-refractivity contribution in [2.75, 3.05) is 25.1 Å². The van der Waals surface area contributed by atoms with Crippen molar-refractivity contribution in [2.24, 2.45) is 0 Å². The Labute approximate surface area is 161 Å². The van der Waals surface area contributed by atoms with Crippen LogP contribution in [-0.4, -0.2) is 25.2 Å². The summed E-state index contributed by atoms with van der Waals surface area (Å²) in [4.78, 5) is 7.47. The van der Waals surface area contributed by atoms with Crippen LogP contribution in [0.5, 0.6) is 5.75 Å². The van der Waals surface area contributed by atoms with Crippen molar-refractivity contribution in [3.05, 3.63) is 65.7 Å². The average molecular weight is 361 g/mol. The van der Waals surface area contributed by atoms with Gasteiger partial charge in [0.15, 0.2) is 0 Å². The molecule has 0 radical (unpaired) electrons. The van der Waals surface area contributed by atoms with Gasteiger partial charge in [-0.1, -0.05) is 30.3 Å². The Hall–Kier alpha value is -2.59. The highest BCUT2D eigenvalue weighted by atomic mass is 16.5. The summed E-state index contributed by atoms with van der Waals surface area (Å²) in [6.45, 7) is 3.83. The number of aromatic nitrogens is 1. The van der Waals surface area contributed by atoms with Crippen molar-refractivity contribution >= 4 is 16.7 Å². The van der Waals surface area contributed by atoms with E-state index in [1.54, 1.807) is 7.11 Å². The monoisotopic (exact) mass is 361 g/mol. The van der Waals surface area contributed by atoms with Crippen LogP contribution < -0.4 is 15.0 Å². The van der Waals surface area contributed by atoms with Crippen molar-refractivity contribution in [1.29, 1.82) is 0 Å². The van der Waals surface area contributed by atoms with Gasteiger partial charge in [0.1, 0.15) is 11.6 Å². The first-order valence-electron chi connectivity index (χ1n) is 9.81. The maximum Gasteiger partial charge on any atom is 0.133 e. The standard InChI is InChI=1S/C23H27N3O/c1-27-21-10-7-8-18(14-21)16-24-17-20-15-19-9-3-4-11-22(19)25-23(20)26-12-5-2-6-13-26/h3-4,7-11,14-15,24H,2,5-6,12-13,16-17H2,1H3. The van der Waals surface area contributed by atoms with Gasteiger partial charge in [0.2, 0.25) is 0 Å². The molecule has 2 heterocycles. The number of pyridine rings is 1. The predicted octanol–water partition coefficient (Wildman–Crippen LogP) is 4.52. The Morgan fingerprint density at radius 3 is 2.67 bits per heavy atom. The third-order valence-corrected chi connectivity index (χ3v) is 5.21. The van der Waals surface area contributed by atoms with E-state index in [0.29, 0.717) is 0 Å². The molecule has 4 rings (SSSR count). The molecule has 1 aromatic heterocycles. The minimum atomic E-state index is 0.806.